The first-order valence-corrected chi connectivity index (χ1v) is 4.40. The normalized spacial score (nSPS) is 12.0. The fourth-order valence-corrected chi connectivity index (χ4v) is 1.02. The van der Waals surface area contributed by atoms with E-state index in [2.05, 4.69) is 6.58 Å². The average Bonchev–Trinajstić information content (AvgIpc) is 2.14. The third kappa shape index (κ3) is 3.62. The molecular formula is C12H11F3. The highest BCUT2D eigenvalue weighted by Crippen LogP contribution is 2.29. The van der Waals surface area contributed by atoms with Crippen LogP contribution in [0.1, 0.15) is 18.1 Å². The van der Waals surface area contributed by atoms with Gasteiger partial charge in [0.25, 0.3) is 0 Å². The molecule has 0 aliphatic carbocycles. The van der Waals surface area contributed by atoms with Gasteiger partial charge in [0.2, 0.25) is 0 Å². The zero-order chi connectivity index (χ0) is 11.5. The quantitative estimate of drug-likeness (QED) is 0.641. The van der Waals surface area contributed by atoms with Crippen LogP contribution < -0.4 is 0 Å². The molecule has 0 aliphatic heterocycles. The highest BCUT2D eigenvalue weighted by Gasteiger charge is 2.29. The number of rotatable bonds is 2. The van der Waals surface area contributed by atoms with Gasteiger partial charge in [-0.2, -0.15) is 13.2 Å². The van der Waals surface area contributed by atoms with Gasteiger partial charge in [-0.15, -0.1) is 0 Å². The van der Waals surface area contributed by atoms with E-state index in [1.807, 2.05) is 6.92 Å². The van der Waals surface area contributed by atoms with E-state index in [9.17, 15) is 13.2 Å². The van der Waals surface area contributed by atoms with Crippen molar-refractivity contribution in [3.05, 3.63) is 53.6 Å². The summed E-state index contributed by atoms with van der Waals surface area (Å²) in [5.41, 5.74) is 0.955. The van der Waals surface area contributed by atoms with Crippen LogP contribution in [0.3, 0.4) is 0 Å². The molecule has 0 atom stereocenters. The monoisotopic (exact) mass is 212 g/mol. The minimum absolute atomic E-state index is 0.630. The summed E-state index contributed by atoms with van der Waals surface area (Å²) in [6, 6.07) is 5.00. The number of alkyl halides is 3. The van der Waals surface area contributed by atoms with E-state index in [1.54, 1.807) is 12.2 Å². The Morgan fingerprint density at radius 2 is 1.73 bits per heavy atom. The van der Waals surface area contributed by atoms with Crippen molar-refractivity contribution in [1.82, 2.24) is 0 Å². The molecule has 0 N–H and O–H groups in total. The Balaban J connectivity index is 2.86. The molecule has 15 heavy (non-hydrogen) atoms. The molecule has 0 spiro atoms. The summed E-state index contributed by atoms with van der Waals surface area (Å²) in [5.74, 6) is 0. The van der Waals surface area contributed by atoms with Crippen molar-refractivity contribution in [2.75, 3.05) is 0 Å². The van der Waals surface area contributed by atoms with Gasteiger partial charge in [0.05, 0.1) is 5.56 Å². The van der Waals surface area contributed by atoms with Crippen LogP contribution in [0.2, 0.25) is 0 Å². The summed E-state index contributed by atoms with van der Waals surface area (Å²) in [6.07, 6.45) is -0.790. The van der Waals surface area contributed by atoms with Crippen LogP contribution in [-0.4, -0.2) is 0 Å². The summed E-state index contributed by atoms with van der Waals surface area (Å²) >= 11 is 0. The molecule has 0 aromatic heterocycles. The van der Waals surface area contributed by atoms with Crippen LogP contribution in [-0.2, 0) is 6.18 Å². The first-order valence-electron chi connectivity index (χ1n) is 4.40. The van der Waals surface area contributed by atoms with Crippen molar-refractivity contribution < 1.29 is 13.2 Å². The summed E-state index contributed by atoms with van der Waals surface area (Å²) in [7, 11) is 0. The molecule has 0 saturated heterocycles. The molecule has 0 nitrogen and oxygen atoms in total. The second-order valence-corrected chi connectivity index (χ2v) is 3.30. The zero-order valence-corrected chi connectivity index (χ0v) is 8.31. The van der Waals surface area contributed by atoms with Crippen LogP contribution in [0, 0.1) is 0 Å². The van der Waals surface area contributed by atoms with Crippen LogP contribution in [0.4, 0.5) is 13.2 Å². The Morgan fingerprint density at radius 3 is 2.13 bits per heavy atom. The lowest BCUT2D eigenvalue weighted by Crippen LogP contribution is -2.03. The van der Waals surface area contributed by atoms with Gasteiger partial charge in [-0.3, -0.25) is 0 Å². The first kappa shape index (κ1) is 11.6. The van der Waals surface area contributed by atoms with Gasteiger partial charge in [0.1, 0.15) is 0 Å². The highest BCUT2D eigenvalue weighted by molar-refractivity contribution is 5.52. The Bertz CT molecular complexity index is 369. The van der Waals surface area contributed by atoms with Gasteiger partial charge in [-0.25, -0.2) is 0 Å². The van der Waals surface area contributed by atoms with E-state index in [-0.39, 0.29) is 0 Å². The van der Waals surface area contributed by atoms with Crippen molar-refractivity contribution in [2.24, 2.45) is 0 Å². The maximum absolute atomic E-state index is 12.2. The lowest BCUT2D eigenvalue weighted by atomic mass is 10.1. The van der Waals surface area contributed by atoms with E-state index in [1.165, 1.54) is 12.1 Å². The van der Waals surface area contributed by atoms with Crippen molar-refractivity contribution >= 4 is 6.08 Å². The van der Waals surface area contributed by atoms with Crippen molar-refractivity contribution in [3.63, 3.8) is 0 Å². The summed E-state index contributed by atoms with van der Waals surface area (Å²) < 4.78 is 36.6. The number of benzene rings is 1. The minimum Gasteiger partial charge on any atom is -0.166 e. The molecule has 3 heteroatoms. The zero-order valence-electron chi connectivity index (χ0n) is 8.31. The van der Waals surface area contributed by atoms with Gasteiger partial charge >= 0.3 is 6.18 Å². The van der Waals surface area contributed by atoms with Crippen LogP contribution in [0.15, 0.2) is 42.5 Å². The van der Waals surface area contributed by atoms with E-state index < -0.39 is 11.7 Å². The fourth-order valence-electron chi connectivity index (χ4n) is 1.02. The molecular weight excluding hydrogens is 201 g/mol. The van der Waals surface area contributed by atoms with Gasteiger partial charge in [-0.1, -0.05) is 36.4 Å². The van der Waals surface area contributed by atoms with Gasteiger partial charge in [0.15, 0.2) is 0 Å². The van der Waals surface area contributed by atoms with Crippen LogP contribution in [0.25, 0.3) is 6.08 Å². The fraction of sp³-hybridized carbons (Fsp3) is 0.167. The topological polar surface area (TPSA) is 0 Å². The molecule has 0 saturated carbocycles. The third-order valence-electron chi connectivity index (χ3n) is 1.80. The minimum atomic E-state index is -4.27. The Labute approximate surface area is 86.7 Å². The number of hydrogen-bond acceptors (Lipinski definition) is 0. The number of halogens is 3. The molecule has 0 amide bonds. The van der Waals surface area contributed by atoms with Crippen molar-refractivity contribution in [3.8, 4) is 0 Å². The number of allylic oxidation sites excluding steroid dienone is 2. The lowest BCUT2D eigenvalue weighted by molar-refractivity contribution is -0.137. The lowest BCUT2D eigenvalue weighted by Gasteiger charge is -2.05. The van der Waals surface area contributed by atoms with Crippen molar-refractivity contribution in [1.29, 1.82) is 0 Å². The maximum atomic E-state index is 12.2. The Hall–Kier alpha value is -1.51. The first-order chi connectivity index (χ1) is 6.89. The molecule has 0 heterocycles. The van der Waals surface area contributed by atoms with Crippen LogP contribution in [0.5, 0.6) is 0 Å². The Kier molecular flexibility index (Phi) is 3.35. The molecule has 0 bridgehead atoms. The molecule has 1 rings (SSSR count). The number of hydrogen-bond donors (Lipinski definition) is 0. The van der Waals surface area contributed by atoms with E-state index in [0.29, 0.717) is 0 Å². The van der Waals surface area contributed by atoms with Crippen LogP contribution >= 0.6 is 0 Å². The van der Waals surface area contributed by atoms with Gasteiger partial charge in [-0.05, 0) is 24.6 Å². The molecule has 1 aromatic carbocycles. The average molecular weight is 212 g/mol. The summed E-state index contributed by atoms with van der Waals surface area (Å²) in [4.78, 5) is 0. The second-order valence-electron chi connectivity index (χ2n) is 3.30. The standard InChI is InChI=1S/C12H11F3/c1-9(2)3-4-10-5-7-11(8-6-10)12(13,14)15/h3-8H,1H2,2H3/b4-3-. The molecule has 0 aliphatic rings. The molecule has 80 valence electrons. The second kappa shape index (κ2) is 4.34. The van der Waals surface area contributed by atoms with E-state index >= 15 is 0 Å². The van der Waals surface area contributed by atoms with E-state index in [4.69, 9.17) is 0 Å². The van der Waals surface area contributed by atoms with Gasteiger partial charge in [0, 0.05) is 0 Å². The maximum Gasteiger partial charge on any atom is 0.416 e. The molecule has 0 fully saturated rings. The summed E-state index contributed by atoms with van der Waals surface area (Å²) in [6.45, 7) is 5.48. The SMILES string of the molecule is C=C(C)/C=C\c1ccc(C(F)(F)F)cc1. The molecule has 0 unspecified atom stereocenters. The molecule has 0 radical (unpaired) electrons. The van der Waals surface area contributed by atoms with Gasteiger partial charge < -0.3 is 0 Å². The van der Waals surface area contributed by atoms with E-state index in [0.717, 1.165) is 23.3 Å². The third-order valence-corrected chi connectivity index (χ3v) is 1.80. The predicted octanol–water partition coefficient (Wildman–Crippen LogP) is 4.29. The molecule has 1 aromatic rings. The van der Waals surface area contributed by atoms with Crippen molar-refractivity contribution in [2.45, 2.75) is 13.1 Å². The highest BCUT2D eigenvalue weighted by atomic mass is 19.4. The largest absolute Gasteiger partial charge is 0.416 e. The Morgan fingerprint density at radius 1 is 1.20 bits per heavy atom. The smallest absolute Gasteiger partial charge is 0.166 e. The predicted molar refractivity (Wildman–Crippen MR) is 55.3 cm³/mol. The summed E-state index contributed by atoms with van der Waals surface area (Å²) in [5, 5.41) is 0.